The standard InChI is InChI=1S/C25H20N2O3/c1-13-9-21(28)26-20-12-16(7-8-17(13)20)27-24(29)22-15-10-18(14-5-3-2-4-6-14)19(11-15)23(22)25(27)30/h2-10,12,15,19,29-30H,11H2,1H3,(H,26,28). The minimum absolute atomic E-state index is 0.0713. The molecule has 5 heteroatoms. The van der Waals surface area contributed by atoms with Crippen molar-refractivity contribution in [2.75, 3.05) is 0 Å². The molecule has 3 N–H and O–H groups in total. The topological polar surface area (TPSA) is 78.2 Å². The van der Waals surface area contributed by atoms with Gasteiger partial charge in [0, 0.05) is 34.4 Å². The van der Waals surface area contributed by atoms with E-state index in [9.17, 15) is 15.0 Å². The summed E-state index contributed by atoms with van der Waals surface area (Å²) in [5.74, 6) is 0.315. The Hall–Kier alpha value is -3.73. The number of nitrogens with one attached hydrogen (secondary N) is 1. The number of pyridine rings is 1. The highest BCUT2D eigenvalue weighted by molar-refractivity contribution is 5.85. The highest BCUT2D eigenvalue weighted by Gasteiger charge is 2.45. The first-order valence-electron chi connectivity index (χ1n) is 10.1. The molecule has 0 fully saturated rings. The minimum Gasteiger partial charge on any atom is -0.494 e. The molecule has 0 aliphatic heterocycles. The van der Waals surface area contributed by atoms with Gasteiger partial charge >= 0.3 is 0 Å². The maximum atomic E-state index is 11.9. The van der Waals surface area contributed by atoms with Crippen molar-refractivity contribution in [1.82, 2.24) is 9.55 Å². The van der Waals surface area contributed by atoms with Gasteiger partial charge in [0.15, 0.2) is 0 Å². The maximum Gasteiger partial charge on any atom is 0.248 e. The van der Waals surface area contributed by atoms with Crippen LogP contribution in [0.4, 0.5) is 0 Å². The molecule has 5 nitrogen and oxygen atoms in total. The van der Waals surface area contributed by atoms with E-state index >= 15 is 0 Å². The summed E-state index contributed by atoms with van der Waals surface area (Å²) in [7, 11) is 0. The number of aromatic nitrogens is 2. The van der Waals surface area contributed by atoms with Crippen LogP contribution in [0.2, 0.25) is 0 Å². The van der Waals surface area contributed by atoms with Gasteiger partial charge in [-0.15, -0.1) is 0 Å². The summed E-state index contributed by atoms with van der Waals surface area (Å²) in [5.41, 5.74) is 6.01. The number of H-pyrrole nitrogens is 1. The van der Waals surface area contributed by atoms with E-state index in [0.29, 0.717) is 11.2 Å². The Kier molecular flexibility index (Phi) is 3.37. The lowest BCUT2D eigenvalue weighted by Gasteiger charge is -2.15. The smallest absolute Gasteiger partial charge is 0.248 e. The Balaban J connectivity index is 1.51. The summed E-state index contributed by atoms with van der Waals surface area (Å²) in [4.78, 5) is 14.7. The van der Waals surface area contributed by atoms with E-state index in [1.807, 2.05) is 37.3 Å². The number of hydrogen-bond donors (Lipinski definition) is 3. The van der Waals surface area contributed by atoms with Crippen molar-refractivity contribution in [2.45, 2.75) is 25.2 Å². The van der Waals surface area contributed by atoms with E-state index in [2.05, 4.69) is 23.2 Å². The number of rotatable bonds is 2. The number of nitrogens with zero attached hydrogens (tertiary/aromatic N) is 1. The van der Waals surface area contributed by atoms with Gasteiger partial charge in [0.05, 0.1) is 11.2 Å². The summed E-state index contributed by atoms with van der Waals surface area (Å²) in [6.45, 7) is 1.89. The van der Waals surface area contributed by atoms with Crippen molar-refractivity contribution in [3.8, 4) is 17.4 Å². The van der Waals surface area contributed by atoms with Crippen LogP contribution in [-0.4, -0.2) is 19.8 Å². The first kappa shape index (κ1) is 17.2. The molecule has 0 saturated heterocycles. The molecule has 2 unspecified atom stereocenters. The van der Waals surface area contributed by atoms with Gasteiger partial charge in [-0.2, -0.15) is 0 Å². The quantitative estimate of drug-likeness (QED) is 0.459. The fourth-order valence-corrected chi connectivity index (χ4v) is 5.28. The van der Waals surface area contributed by atoms with Crippen molar-refractivity contribution in [3.05, 3.63) is 93.3 Å². The Labute approximate surface area is 172 Å². The second-order valence-electron chi connectivity index (χ2n) is 8.24. The number of benzene rings is 2. The van der Waals surface area contributed by atoms with E-state index in [1.165, 1.54) is 10.1 Å². The molecule has 2 aromatic heterocycles. The monoisotopic (exact) mass is 396 g/mol. The highest BCUT2D eigenvalue weighted by atomic mass is 16.3. The molecule has 6 rings (SSSR count). The molecule has 148 valence electrons. The lowest BCUT2D eigenvalue weighted by atomic mass is 9.89. The van der Waals surface area contributed by atoms with Crippen molar-refractivity contribution in [1.29, 1.82) is 0 Å². The van der Waals surface area contributed by atoms with E-state index in [1.54, 1.807) is 12.1 Å². The molecule has 0 spiro atoms. The number of allylic oxidation sites excluding steroid dienone is 2. The van der Waals surface area contributed by atoms with Gasteiger partial charge in [-0.25, -0.2) is 0 Å². The first-order valence-corrected chi connectivity index (χ1v) is 10.1. The zero-order valence-electron chi connectivity index (χ0n) is 16.4. The molecule has 0 radical (unpaired) electrons. The van der Waals surface area contributed by atoms with Crippen LogP contribution >= 0.6 is 0 Å². The summed E-state index contributed by atoms with van der Waals surface area (Å²) in [6, 6.07) is 17.3. The van der Waals surface area contributed by atoms with Crippen molar-refractivity contribution in [2.24, 2.45) is 0 Å². The van der Waals surface area contributed by atoms with Gasteiger partial charge in [-0.3, -0.25) is 9.36 Å². The summed E-state index contributed by atoms with van der Waals surface area (Å²) >= 11 is 0. The number of aryl methyl sites for hydroxylation is 1. The molecule has 2 heterocycles. The summed E-state index contributed by atoms with van der Waals surface area (Å²) < 4.78 is 1.49. The average Bonchev–Trinajstić information content (AvgIpc) is 3.39. The third-order valence-corrected chi connectivity index (χ3v) is 6.56. The van der Waals surface area contributed by atoms with Gasteiger partial charge in [0.2, 0.25) is 17.3 Å². The lowest BCUT2D eigenvalue weighted by Crippen LogP contribution is -2.05. The van der Waals surface area contributed by atoms with Crippen LogP contribution in [0, 0.1) is 6.92 Å². The number of aromatic hydroxyl groups is 2. The molecule has 2 aliphatic rings. The Morgan fingerprint density at radius 2 is 1.77 bits per heavy atom. The maximum absolute atomic E-state index is 11.9. The molecule has 2 atom stereocenters. The van der Waals surface area contributed by atoms with Gasteiger partial charge in [-0.1, -0.05) is 42.5 Å². The molecular weight excluding hydrogens is 376 g/mol. The van der Waals surface area contributed by atoms with Crippen LogP contribution in [0.1, 0.15) is 40.5 Å². The van der Waals surface area contributed by atoms with Crippen molar-refractivity contribution < 1.29 is 10.2 Å². The lowest BCUT2D eigenvalue weighted by molar-refractivity contribution is 0.395. The number of aromatic amines is 1. The predicted octanol–water partition coefficient (Wildman–Crippen LogP) is 4.71. The SMILES string of the molecule is Cc1cc(=O)[nH]c2cc(-n3c(O)c4c(c3O)C3CC4C=C3c3ccccc3)ccc12. The molecule has 2 bridgehead atoms. The molecule has 2 aliphatic carbocycles. The zero-order valence-corrected chi connectivity index (χ0v) is 16.4. The molecule has 0 saturated carbocycles. The predicted molar refractivity (Wildman–Crippen MR) is 116 cm³/mol. The average molecular weight is 396 g/mol. The van der Waals surface area contributed by atoms with E-state index in [-0.39, 0.29) is 29.2 Å². The van der Waals surface area contributed by atoms with E-state index in [0.717, 1.165) is 34.1 Å². The van der Waals surface area contributed by atoms with Crippen LogP contribution < -0.4 is 5.56 Å². The van der Waals surface area contributed by atoms with Gasteiger partial charge in [-0.05, 0) is 42.2 Å². The van der Waals surface area contributed by atoms with Gasteiger partial charge in [0.1, 0.15) is 0 Å². The van der Waals surface area contributed by atoms with Crippen molar-refractivity contribution in [3.63, 3.8) is 0 Å². The number of fused-ring (bicyclic) bond motifs is 6. The van der Waals surface area contributed by atoms with Crippen molar-refractivity contribution >= 4 is 16.5 Å². The molecular formula is C25H20N2O3. The third kappa shape index (κ3) is 2.20. The molecule has 0 amide bonds. The Morgan fingerprint density at radius 3 is 2.57 bits per heavy atom. The van der Waals surface area contributed by atoms with Crippen LogP contribution in [-0.2, 0) is 0 Å². The Morgan fingerprint density at radius 1 is 1.00 bits per heavy atom. The largest absolute Gasteiger partial charge is 0.494 e. The van der Waals surface area contributed by atoms with Crippen LogP contribution in [0.3, 0.4) is 0 Å². The van der Waals surface area contributed by atoms with Gasteiger partial charge in [0.25, 0.3) is 0 Å². The first-order chi connectivity index (χ1) is 14.5. The fourth-order valence-electron chi connectivity index (χ4n) is 5.28. The normalized spacial score (nSPS) is 19.3. The molecule has 30 heavy (non-hydrogen) atoms. The highest BCUT2D eigenvalue weighted by Crippen LogP contribution is 2.61. The second-order valence-corrected chi connectivity index (χ2v) is 8.24. The zero-order chi connectivity index (χ0) is 20.6. The number of hydrogen-bond acceptors (Lipinski definition) is 3. The van der Waals surface area contributed by atoms with Gasteiger partial charge < -0.3 is 15.2 Å². The van der Waals surface area contributed by atoms with E-state index < -0.39 is 0 Å². The fraction of sp³-hybridized carbons (Fsp3) is 0.160. The van der Waals surface area contributed by atoms with Crippen LogP contribution in [0.15, 0.2) is 65.5 Å². The minimum atomic E-state index is -0.171. The summed E-state index contributed by atoms with van der Waals surface area (Å²) in [5, 5.41) is 23.1. The molecule has 4 aromatic rings. The third-order valence-electron chi connectivity index (χ3n) is 6.56. The Bertz CT molecular complexity index is 1430. The molecule has 2 aromatic carbocycles. The van der Waals surface area contributed by atoms with E-state index in [4.69, 9.17) is 0 Å². The van der Waals surface area contributed by atoms with Crippen LogP contribution in [0.25, 0.3) is 22.2 Å². The van der Waals surface area contributed by atoms with Crippen LogP contribution in [0.5, 0.6) is 11.8 Å². The second kappa shape index (κ2) is 5.89. The summed E-state index contributed by atoms with van der Waals surface area (Å²) in [6.07, 6.45) is 3.09.